The van der Waals surface area contributed by atoms with Crippen molar-refractivity contribution >= 4 is 40.7 Å². The lowest BCUT2D eigenvalue weighted by Gasteiger charge is -2.38. The van der Waals surface area contributed by atoms with Crippen molar-refractivity contribution in [3.63, 3.8) is 0 Å². The molecular weight excluding hydrogens is 875 g/mol. The molecule has 15 nitrogen and oxygen atoms in total. The number of methoxy groups -OCH3 is 1. The molecule has 2 aromatic carbocycles. The summed E-state index contributed by atoms with van der Waals surface area (Å²) in [5, 5.41) is 5.61. The van der Waals surface area contributed by atoms with Crippen molar-refractivity contribution < 1.29 is 38.2 Å². The fourth-order valence-electron chi connectivity index (χ4n) is 10.2. The van der Waals surface area contributed by atoms with Crippen LogP contribution in [0.5, 0.6) is 0 Å². The Kier molecular flexibility index (Phi) is 15.6. The van der Waals surface area contributed by atoms with Crippen LogP contribution in [0.15, 0.2) is 60.8 Å². The predicted octanol–water partition coefficient (Wildman–Crippen LogP) is 7.88. The molecule has 2 saturated heterocycles. The highest BCUT2D eigenvalue weighted by atomic mass is 16.6. The molecule has 0 radical (unpaired) electrons. The molecule has 3 aliphatic heterocycles. The number of carbonyl (C=O) groups is 5. The number of likely N-dealkylation sites (tertiary alicyclic amines) is 1. The van der Waals surface area contributed by atoms with E-state index in [0.717, 1.165) is 50.1 Å². The largest absolute Gasteiger partial charge is 0.464 e. The third kappa shape index (κ3) is 11.5. The van der Waals surface area contributed by atoms with Gasteiger partial charge in [-0.2, -0.15) is 0 Å². The number of esters is 1. The van der Waals surface area contributed by atoms with Gasteiger partial charge in [-0.05, 0) is 119 Å². The van der Waals surface area contributed by atoms with E-state index < -0.39 is 58.9 Å². The number of aryl methyl sites for hydroxylation is 1. The van der Waals surface area contributed by atoms with Crippen molar-refractivity contribution in [2.24, 2.45) is 17.3 Å². The number of carbonyl (C=O) groups excluding carboxylic acids is 5. The molecule has 15 heteroatoms. The first-order valence-corrected chi connectivity index (χ1v) is 24.7. The fraction of sp³-hybridized carbons (Fsp3) is 0.556. The molecule has 7 rings (SSSR count). The van der Waals surface area contributed by atoms with E-state index in [1.54, 1.807) is 25.3 Å². The first kappa shape index (κ1) is 51.1. The molecule has 2 N–H and O–H groups in total. The van der Waals surface area contributed by atoms with Crippen LogP contribution in [-0.2, 0) is 52.8 Å². The van der Waals surface area contributed by atoms with Gasteiger partial charge in [0.25, 0.3) is 5.91 Å². The average Bonchev–Trinajstić information content (AvgIpc) is 3.62. The molecule has 2 aromatic heterocycles. The number of hydrazine groups is 1. The highest BCUT2D eigenvalue weighted by molar-refractivity contribution is 5.96. The van der Waals surface area contributed by atoms with E-state index in [4.69, 9.17) is 19.2 Å². The normalized spacial score (nSPS) is 20.2. The SMILES string of the molecule is CCn1c(-c2cccnc2[C@H](C)OC)c2c3cc(ccc31)-c1cccc(c1)C[C@H](NC(=O)[C@H](C(C)C)N(C)C(=O)C1CCN(C(=O)OC(C)(C)C)CC1)C(=O)N1CCC[C@H](N1)C(=O)OCC(C)(C)C2. The first-order valence-electron chi connectivity index (χ1n) is 24.7. The summed E-state index contributed by atoms with van der Waals surface area (Å²) in [6.45, 7) is 19.5. The Bertz CT molecular complexity index is 2540. The van der Waals surface area contributed by atoms with Crippen LogP contribution in [0.3, 0.4) is 0 Å². The molecule has 3 aliphatic rings. The third-order valence-corrected chi connectivity index (χ3v) is 13.8. The lowest BCUT2D eigenvalue weighted by Crippen LogP contribution is -2.62. The number of nitrogens with one attached hydrogen (secondary N) is 2. The predicted molar refractivity (Wildman–Crippen MR) is 266 cm³/mol. The quantitative estimate of drug-likeness (QED) is 0.158. The molecule has 0 aliphatic carbocycles. The van der Waals surface area contributed by atoms with E-state index in [1.807, 2.05) is 59.7 Å². The summed E-state index contributed by atoms with van der Waals surface area (Å²) in [5.41, 5.74) is 9.86. The number of benzene rings is 2. The van der Waals surface area contributed by atoms with Crippen LogP contribution in [0, 0.1) is 17.3 Å². The molecular formula is C54H73N7O8. The van der Waals surface area contributed by atoms with Crippen LogP contribution in [0.2, 0.25) is 0 Å². The van der Waals surface area contributed by atoms with Gasteiger partial charge < -0.3 is 33.9 Å². The number of hydrogen-bond donors (Lipinski definition) is 2. The standard InChI is InChI=1S/C54H73N7O8/c1-12-60-44-21-20-38-30-40(44)41(47(60)39-18-14-24-55-45(39)34(4)67-11)31-54(8,9)32-68-51(65)42-19-15-25-61(57-42)50(64)43(29-35-16-13-17-37(38)28-35)56-48(62)46(33(2)3)58(10)49(63)36-22-26-59(27-23-36)52(66)69-53(5,6)7/h13-14,16-18,20-21,24,28,30,33-34,36,42-43,46,57H,12,15,19,22-23,25-27,29,31-32H2,1-11H3,(H,56,62)/t34-,42-,43-,46-/m0/s1. The highest BCUT2D eigenvalue weighted by Crippen LogP contribution is 2.42. The maximum absolute atomic E-state index is 14.8. The smallest absolute Gasteiger partial charge is 0.410 e. The molecule has 0 saturated carbocycles. The van der Waals surface area contributed by atoms with Gasteiger partial charge in [-0.1, -0.05) is 58.0 Å². The number of nitrogens with zero attached hydrogens (tertiary/aromatic N) is 5. The molecule has 69 heavy (non-hydrogen) atoms. The van der Waals surface area contributed by atoms with Gasteiger partial charge >= 0.3 is 12.1 Å². The zero-order valence-corrected chi connectivity index (χ0v) is 42.5. The maximum atomic E-state index is 14.8. The van der Waals surface area contributed by atoms with Gasteiger partial charge in [0.15, 0.2) is 0 Å². The minimum absolute atomic E-state index is 0.136. The Morgan fingerprint density at radius 1 is 0.986 bits per heavy atom. The molecule has 4 aromatic rings. The molecule has 0 spiro atoms. The van der Waals surface area contributed by atoms with Crippen molar-refractivity contribution in [3.8, 4) is 22.4 Å². The Morgan fingerprint density at radius 2 is 1.71 bits per heavy atom. The number of ether oxygens (including phenoxy) is 3. The number of fused-ring (bicyclic) bond motifs is 6. The van der Waals surface area contributed by atoms with Crippen molar-refractivity contribution in [3.05, 3.63) is 77.6 Å². The van der Waals surface area contributed by atoms with Gasteiger partial charge in [0.05, 0.1) is 24.1 Å². The van der Waals surface area contributed by atoms with Crippen LogP contribution in [0.4, 0.5) is 4.79 Å². The van der Waals surface area contributed by atoms with Crippen LogP contribution in [0.1, 0.15) is 111 Å². The van der Waals surface area contributed by atoms with Crippen LogP contribution < -0.4 is 10.7 Å². The zero-order chi connectivity index (χ0) is 49.9. The van der Waals surface area contributed by atoms with Gasteiger partial charge in [0.2, 0.25) is 11.8 Å². The van der Waals surface area contributed by atoms with Gasteiger partial charge in [-0.25, -0.2) is 10.2 Å². The fourth-order valence-corrected chi connectivity index (χ4v) is 10.2. The Balaban J connectivity index is 1.24. The Labute approximate surface area is 407 Å². The summed E-state index contributed by atoms with van der Waals surface area (Å²) in [6.07, 6.45) is 3.77. The molecule has 0 unspecified atom stereocenters. The second kappa shape index (κ2) is 21.1. The summed E-state index contributed by atoms with van der Waals surface area (Å²) < 4.78 is 19.9. The van der Waals surface area contributed by atoms with E-state index in [-0.39, 0.29) is 31.0 Å². The average molecular weight is 948 g/mol. The number of pyridine rings is 1. The van der Waals surface area contributed by atoms with E-state index in [1.165, 1.54) is 9.91 Å². The number of likely N-dealkylation sites (N-methyl/N-ethyl adjacent to an activating group) is 1. The molecule has 5 heterocycles. The number of hydrogen-bond acceptors (Lipinski definition) is 10. The summed E-state index contributed by atoms with van der Waals surface area (Å²) in [5.74, 6) is -2.18. The Hall–Kier alpha value is -5.80. The van der Waals surface area contributed by atoms with Crippen molar-refractivity contribution in [1.82, 2.24) is 35.1 Å². The van der Waals surface area contributed by atoms with Gasteiger partial charge in [-0.3, -0.25) is 29.2 Å². The number of amides is 4. The Morgan fingerprint density at radius 3 is 2.39 bits per heavy atom. The number of piperidine rings is 1. The topological polar surface area (TPSA) is 165 Å². The molecule has 4 amide bonds. The van der Waals surface area contributed by atoms with Crippen molar-refractivity contribution in [2.45, 2.75) is 137 Å². The van der Waals surface area contributed by atoms with E-state index in [0.29, 0.717) is 58.3 Å². The third-order valence-electron chi connectivity index (χ3n) is 13.8. The minimum atomic E-state index is -1.05. The van der Waals surface area contributed by atoms with E-state index >= 15 is 0 Å². The van der Waals surface area contributed by atoms with Gasteiger partial charge in [0.1, 0.15) is 23.7 Å². The molecule has 6 bridgehead atoms. The maximum Gasteiger partial charge on any atom is 0.410 e. The van der Waals surface area contributed by atoms with E-state index in [9.17, 15) is 24.0 Å². The lowest BCUT2D eigenvalue weighted by molar-refractivity contribution is -0.155. The van der Waals surface area contributed by atoms with Crippen molar-refractivity contribution in [1.29, 1.82) is 0 Å². The number of aromatic nitrogens is 2. The van der Waals surface area contributed by atoms with Crippen molar-refractivity contribution in [2.75, 3.05) is 40.4 Å². The molecule has 372 valence electrons. The van der Waals surface area contributed by atoms with Gasteiger partial charge in [-0.15, -0.1) is 0 Å². The zero-order valence-electron chi connectivity index (χ0n) is 42.5. The summed E-state index contributed by atoms with van der Waals surface area (Å²) in [6, 6.07) is 15.9. The second-order valence-corrected chi connectivity index (χ2v) is 21.2. The number of cyclic esters (lactones) is 1. The van der Waals surface area contributed by atoms with Crippen LogP contribution in [0.25, 0.3) is 33.3 Å². The summed E-state index contributed by atoms with van der Waals surface area (Å²) in [4.78, 5) is 78.2. The first-order chi connectivity index (χ1) is 32.7. The van der Waals surface area contributed by atoms with E-state index in [2.05, 4.69) is 72.5 Å². The lowest BCUT2D eigenvalue weighted by atomic mass is 9.84. The highest BCUT2D eigenvalue weighted by Gasteiger charge is 2.40. The van der Waals surface area contributed by atoms with Crippen LogP contribution in [-0.4, -0.2) is 118 Å². The molecule has 4 atom stereocenters. The number of rotatable bonds is 9. The van der Waals surface area contributed by atoms with Crippen LogP contribution >= 0.6 is 0 Å². The molecule has 2 fully saturated rings. The monoisotopic (exact) mass is 948 g/mol. The second-order valence-electron chi connectivity index (χ2n) is 21.2. The minimum Gasteiger partial charge on any atom is -0.464 e. The summed E-state index contributed by atoms with van der Waals surface area (Å²) in [7, 11) is 3.33. The summed E-state index contributed by atoms with van der Waals surface area (Å²) >= 11 is 0. The van der Waals surface area contributed by atoms with Gasteiger partial charge in [0, 0.05) is 80.8 Å².